The molecule has 0 spiro atoms. The summed E-state index contributed by atoms with van der Waals surface area (Å²) in [4.78, 5) is 27.3. The summed E-state index contributed by atoms with van der Waals surface area (Å²) in [5.41, 5.74) is 1.39. The maximum Gasteiger partial charge on any atom is 0.359 e. The van der Waals surface area contributed by atoms with Crippen LogP contribution in [0.2, 0.25) is 10.0 Å². The molecule has 1 aliphatic heterocycles. The topological polar surface area (TPSA) is 79.7 Å². The molecule has 0 radical (unpaired) electrons. The number of carbonyl (C=O) groups excluding carboxylic acids is 2. The molecule has 6 rings (SSSR count). The number of halogens is 2. The van der Waals surface area contributed by atoms with Crippen LogP contribution in [0, 0.1) is 6.92 Å². The van der Waals surface area contributed by atoms with Crippen LogP contribution in [-0.4, -0.2) is 28.6 Å². The molecule has 1 aromatic heterocycles. The van der Waals surface area contributed by atoms with Gasteiger partial charge >= 0.3 is 5.97 Å². The molecule has 210 valence electrons. The van der Waals surface area contributed by atoms with Crippen molar-refractivity contribution < 1.29 is 23.8 Å². The maximum absolute atomic E-state index is 14.1. The summed E-state index contributed by atoms with van der Waals surface area (Å²) < 4.78 is 19.8. The van der Waals surface area contributed by atoms with E-state index in [1.165, 1.54) is 11.8 Å². The lowest BCUT2D eigenvalue weighted by Gasteiger charge is -2.42. The highest BCUT2D eigenvalue weighted by molar-refractivity contribution is 6.35. The Morgan fingerprint density at radius 2 is 1.50 bits per heavy atom. The first kappa shape index (κ1) is 27.7. The lowest BCUT2D eigenvalue weighted by atomic mass is 9.93. The van der Waals surface area contributed by atoms with E-state index >= 15 is 0 Å². The highest BCUT2D eigenvalue weighted by Crippen LogP contribution is 2.49. The van der Waals surface area contributed by atoms with E-state index in [0.717, 1.165) is 5.56 Å². The molecule has 4 aromatic carbocycles. The second kappa shape index (κ2) is 11.1. The highest BCUT2D eigenvalue weighted by Gasteiger charge is 2.50. The van der Waals surface area contributed by atoms with Crippen molar-refractivity contribution in [1.82, 2.24) is 9.78 Å². The summed E-state index contributed by atoms with van der Waals surface area (Å²) in [5, 5.41) is 5.41. The van der Waals surface area contributed by atoms with Crippen LogP contribution in [0.4, 0.5) is 0 Å². The molecular formula is C33H24Cl2N2O5. The fourth-order valence-electron chi connectivity index (χ4n) is 5.04. The van der Waals surface area contributed by atoms with E-state index in [1.54, 1.807) is 30.3 Å². The van der Waals surface area contributed by atoms with E-state index in [2.05, 4.69) is 5.10 Å². The summed E-state index contributed by atoms with van der Waals surface area (Å²) in [6.45, 7) is 1.92. The number of carbonyl (C=O) groups is 2. The van der Waals surface area contributed by atoms with E-state index in [4.69, 9.17) is 37.4 Å². The van der Waals surface area contributed by atoms with Gasteiger partial charge in [-0.2, -0.15) is 9.78 Å². The van der Waals surface area contributed by atoms with Crippen molar-refractivity contribution in [2.75, 3.05) is 7.11 Å². The quantitative estimate of drug-likeness (QED) is 0.150. The second-order valence-electron chi connectivity index (χ2n) is 9.74. The summed E-state index contributed by atoms with van der Waals surface area (Å²) >= 11 is 12.9. The van der Waals surface area contributed by atoms with Crippen molar-refractivity contribution in [3.05, 3.63) is 152 Å². The van der Waals surface area contributed by atoms with Crippen LogP contribution in [0.1, 0.15) is 55.0 Å². The highest BCUT2D eigenvalue weighted by atomic mass is 35.5. The number of rotatable bonds is 6. The summed E-state index contributed by atoms with van der Waals surface area (Å²) in [6.07, 6.45) is -1.13. The molecule has 5 aromatic rings. The van der Waals surface area contributed by atoms with Crippen LogP contribution in [0.5, 0.6) is 5.88 Å². The molecule has 0 amide bonds. The standard InChI is InChI=1S/C33H24Cl2N2O5/c1-20-13-15-21(16-14-20)29(38)27-28(31(39)40-2)36-37-30(27)41-32(25-18-17-24(34)19-26(25)35)42-33(37,22-9-5-3-6-10-22)23-11-7-4-8-12-23/h3-19,32H,1-2H3. The van der Waals surface area contributed by atoms with Gasteiger partial charge in [-0.25, -0.2) is 4.79 Å². The largest absolute Gasteiger partial charge is 0.464 e. The Morgan fingerprint density at radius 3 is 2.07 bits per heavy atom. The number of aromatic nitrogens is 2. The monoisotopic (exact) mass is 598 g/mol. The normalized spacial score (nSPS) is 15.4. The molecular weight excluding hydrogens is 575 g/mol. The number of ketones is 1. The van der Waals surface area contributed by atoms with E-state index in [0.29, 0.717) is 32.3 Å². The Balaban J connectivity index is 1.70. The molecule has 2 heterocycles. The minimum absolute atomic E-state index is 0.0240. The van der Waals surface area contributed by atoms with Gasteiger partial charge in [0.1, 0.15) is 5.56 Å². The number of hydrogen-bond acceptors (Lipinski definition) is 6. The number of hydrogen-bond donors (Lipinski definition) is 0. The third-order valence-corrected chi connectivity index (χ3v) is 7.67. The molecule has 0 fully saturated rings. The van der Waals surface area contributed by atoms with Gasteiger partial charge in [-0.1, -0.05) is 114 Å². The Kier molecular flexibility index (Phi) is 7.33. The van der Waals surface area contributed by atoms with Gasteiger partial charge in [0.25, 0.3) is 0 Å². The predicted octanol–water partition coefficient (Wildman–Crippen LogP) is 7.37. The van der Waals surface area contributed by atoms with Gasteiger partial charge in [-0.3, -0.25) is 4.79 Å². The Hall–Kier alpha value is -4.43. The van der Waals surface area contributed by atoms with Crippen LogP contribution in [0.25, 0.3) is 0 Å². The zero-order valence-electron chi connectivity index (χ0n) is 22.6. The van der Waals surface area contributed by atoms with Crippen molar-refractivity contribution in [1.29, 1.82) is 0 Å². The van der Waals surface area contributed by atoms with Crippen LogP contribution in [0.15, 0.2) is 103 Å². The summed E-state index contributed by atoms with van der Waals surface area (Å²) in [6, 6.07) is 30.7. The minimum Gasteiger partial charge on any atom is -0.464 e. The SMILES string of the molecule is COC(=O)c1nn2c(c1C(=O)c1ccc(C)cc1)OC(c1ccc(Cl)cc1Cl)OC2(c1ccccc1)c1ccccc1. The van der Waals surface area contributed by atoms with E-state index in [1.807, 2.05) is 79.7 Å². The van der Waals surface area contributed by atoms with Gasteiger partial charge in [0, 0.05) is 27.3 Å². The van der Waals surface area contributed by atoms with E-state index in [9.17, 15) is 9.59 Å². The zero-order valence-corrected chi connectivity index (χ0v) is 24.1. The number of fused-ring (bicyclic) bond motifs is 1. The molecule has 0 bridgehead atoms. The number of aryl methyl sites for hydroxylation is 1. The second-order valence-corrected chi connectivity index (χ2v) is 10.6. The van der Waals surface area contributed by atoms with Crippen LogP contribution < -0.4 is 4.74 Å². The molecule has 0 saturated heterocycles. The van der Waals surface area contributed by atoms with Crippen molar-refractivity contribution in [2.24, 2.45) is 0 Å². The van der Waals surface area contributed by atoms with Crippen molar-refractivity contribution in [3.63, 3.8) is 0 Å². The van der Waals surface area contributed by atoms with Crippen molar-refractivity contribution in [3.8, 4) is 5.88 Å². The molecule has 0 N–H and O–H groups in total. The van der Waals surface area contributed by atoms with Gasteiger partial charge in [0.05, 0.1) is 12.1 Å². The van der Waals surface area contributed by atoms with Gasteiger partial charge in [0.15, 0.2) is 5.69 Å². The first-order chi connectivity index (χ1) is 20.3. The molecule has 1 atom stereocenters. The predicted molar refractivity (Wildman–Crippen MR) is 158 cm³/mol. The lowest BCUT2D eigenvalue weighted by molar-refractivity contribution is -0.214. The van der Waals surface area contributed by atoms with Gasteiger partial charge in [-0.15, -0.1) is 0 Å². The third-order valence-electron chi connectivity index (χ3n) is 7.10. The number of esters is 1. The zero-order chi connectivity index (χ0) is 29.4. The minimum atomic E-state index is -1.49. The number of methoxy groups -OCH3 is 1. The molecule has 42 heavy (non-hydrogen) atoms. The Bertz CT molecular complexity index is 1750. The van der Waals surface area contributed by atoms with Crippen LogP contribution >= 0.6 is 23.2 Å². The number of nitrogens with zero attached hydrogens (tertiary/aromatic N) is 2. The first-order valence-corrected chi connectivity index (χ1v) is 13.8. The fraction of sp³-hybridized carbons (Fsp3) is 0.121. The molecule has 1 aliphatic rings. The lowest BCUT2D eigenvalue weighted by Crippen LogP contribution is -2.46. The fourth-order valence-corrected chi connectivity index (χ4v) is 5.54. The third kappa shape index (κ3) is 4.65. The molecule has 9 heteroatoms. The van der Waals surface area contributed by atoms with Crippen LogP contribution in [0.3, 0.4) is 0 Å². The van der Waals surface area contributed by atoms with Gasteiger partial charge < -0.3 is 14.2 Å². The van der Waals surface area contributed by atoms with Gasteiger partial charge in [0.2, 0.25) is 23.7 Å². The number of benzene rings is 4. The Morgan fingerprint density at radius 1 is 0.881 bits per heavy atom. The van der Waals surface area contributed by atoms with Crippen LogP contribution in [-0.2, 0) is 15.2 Å². The van der Waals surface area contributed by atoms with E-state index in [-0.39, 0.29) is 17.1 Å². The average Bonchev–Trinajstić information content (AvgIpc) is 3.41. The average molecular weight is 599 g/mol. The molecule has 0 saturated carbocycles. The molecule has 1 unspecified atom stereocenters. The summed E-state index contributed by atoms with van der Waals surface area (Å²) in [7, 11) is 1.23. The maximum atomic E-state index is 14.1. The molecule has 0 aliphatic carbocycles. The van der Waals surface area contributed by atoms with E-state index < -0.39 is 23.8 Å². The van der Waals surface area contributed by atoms with Gasteiger partial charge in [-0.05, 0) is 25.1 Å². The Labute approximate surface area is 252 Å². The first-order valence-electron chi connectivity index (χ1n) is 13.1. The van der Waals surface area contributed by atoms with Crippen molar-refractivity contribution in [2.45, 2.75) is 18.9 Å². The smallest absolute Gasteiger partial charge is 0.359 e. The number of ether oxygens (including phenoxy) is 3. The van der Waals surface area contributed by atoms with Crippen molar-refractivity contribution >= 4 is 35.0 Å². The summed E-state index contributed by atoms with van der Waals surface area (Å²) in [5.74, 6) is -1.24. The molecule has 7 nitrogen and oxygen atoms in total.